The molecule has 18 heavy (non-hydrogen) atoms. The van der Waals surface area contributed by atoms with Crippen molar-refractivity contribution in [2.24, 2.45) is 0 Å². The molecule has 1 aromatic carbocycles. The zero-order valence-electron chi connectivity index (χ0n) is 11.0. The van der Waals surface area contributed by atoms with Crippen molar-refractivity contribution in [2.45, 2.75) is 24.8 Å². The number of likely N-dealkylation sites (tertiary alicyclic amines) is 1. The minimum Gasteiger partial charge on any atom is -0.373 e. The molecular formula is C14H20Cl2N2. The smallest absolute Gasteiger partial charge is 0.0488 e. The Hall–Kier alpha value is -0.440. The number of rotatable bonds is 4. The third kappa shape index (κ3) is 3.11. The highest BCUT2D eigenvalue weighted by atomic mass is 35.5. The Morgan fingerprint density at radius 1 is 1.44 bits per heavy atom. The first-order valence-electron chi connectivity index (χ1n) is 6.37. The average Bonchev–Trinajstić information content (AvgIpc) is 2.75. The van der Waals surface area contributed by atoms with E-state index in [9.17, 15) is 0 Å². The van der Waals surface area contributed by atoms with Crippen molar-refractivity contribution in [3.05, 3.63) is 28.8 Å². The molecule has 0 saturated carbocycles. The van der Waals surface area contributed by atoms with Crippen LogP contribution in [-0.4, -0.2) is 38.1 Å². The molecule has 1 fully saturated rings. The molecule has 2 rings (SSSR count). The zero-order chi connectivity index (χ0) is 13.1. The maximum atomic E-state index is 6.20. The highest BCUT2D eigenvalue weighted by Gasteiger charge is 2.22. The molecule has 1 atom stereocenters. The van der Waals surface area contributed by atoms with Crippen LogP contribution < -0.4 is 4.90 Å². The normalized spacial score (nSPS) is 20.3. The molecule has 1 aliphatic heterocycles. The van der Waals surface area contributed by atoms with E-state index >= 15 is 0 Å². The Balaban J connectivity index is 2.04. The second kappa shape index (κ2) is 6.14. The molecular weight excluding hydrogens is 267 g/mol. The Morgan fingerprint density at radius 2 is 2.22 bits per heavy atom. The molecule has 1 aliphatic rings. The monoisotopic (exact) mass is 286 g/mol. The van der Waals surface area contributed by atoms with Crippen LogP contribution in [0, 0.1) is 0 Å². The molecule has 1 unspecified atom stereocenters. The summed E-state index contributed by atoms with van der Waals surface area (Å²) < 4.78 is 0. The summed E-state index contributed by atoms with van der Waals surface area (Å²) in [4.78, 5) is 4.71. The highest BCUT2D eigenvalue weighted by Crippen LogP contribution is 2.25. The summed E-state index contributed by atoms with van der Waals surface area (Å²) in [6.07, 6.45) is 2.59. The lowest BCUT2D eigenvalue weighted by atomic mass is 10.1. The van der Waals surface area contributed by atoms with Crippen molar-refractivity contribution < 1.29 is 0 Å². The minimum atomic E-state index is 0.466. The molecule has 0 amide bonds. The van der Waals surface area contributed by atoms with Crippen LogP contribution in [0.15, 0.2) is 18.2 Å². The number of anilines is 1. The third-order valence-corrected chi connectivity index (χ3v) is 4.42. The van der Waals surface area contributed by atoms with E-state index in [1.807, 2.05) is 12.1 Å². The second-order valence-electron chi connectivity index (χ2n) is 5.07. The number of likely N-dealkylation sites (N-methyl/N-ethyl adjacent to an activating group) is 2. The lowest BCUT2D eigenvalue weighted by molar-refractivity contribution is 0.314. The summed E-state index contributed by atoms with van der Waals surface area (Å²) in [6, 6.07) is 6.77. The van der Waals surface area contributed by atoms with Gasteiger partial charge in [-0.25, -0.2) is 0 Å². The first-order chi connectivity index (χ1) is 8.61. The van der Waals surface area contributed by atoms with Gasteiger partial charge < -0.3 is 9.80 Å². The van der Waals surface area contributed by atoms with Crippen molar-refractivity contribution in [1.82, 2.24) is 4.90 Å². The van der Waals surface area contributed by atoms with Crippen molar-refractivity contribution in [2.75, 3.05) is 32.1 Å². The van der Waals surface area contributed by atoms with Gasteiger partial charge in [0.2, 0.25) is 0 Å². The van der Waals surface area contributed by atoms with Crippen LogP contribution in [0.3, 0.4) is 0 Å². The van der Waals surface area contributed by atoms with E-state index in [4.69, 9.17) is 23.2 Å². The molecule has 1 aromatic rings. The van der Waals surface area contributed by atoms with Crippen LogP contribution in [0.2, 0.25) is 5.02 Å². The summed E-state index contributed by atoms with van der Waals surface area (Å²) in [6.45, 7) is 2.26. The van der Waals surface area contributed by atoms with Gasteiger partial charge in [-0.1, -0.05) is 17.7 Å². The quantitative estimate of drug-likeness (QED) is 0.781. The maximum Gasteiger partial charge on any atom is 0.0488 e. The molecule has 1 saturated heterocycles. The van der Waals surface area contributed by atoms with Gasteiger partial charge in [0.15, 0.2) is 0 Å². The number of alkyl halides is 1. The number of hydrogen-bond donors (Lipinski definition) is 0. The molecule has 4 heteroatoms. The molecule has 2 nitrogen and oxygen atoms in total. The fourth-order valence-electron chi connectivity index (χ4n) is 2.51. The Labute approximate surface area is 119 Å². The highest BCUT2D eigenvalue weighted by molar-refractivity contribution is 6.32. The fourth-order valence-corrected chi connectivity index (χ4v) is 3.06. The molecule has 0 bridgehead atoms. The van der Waals surface area contributed by atoms with E-state index in [0.717, 1.165) is 22.8 Å². The lowest BCUT2D eigenvalue weighted by Gasteiger charge is -2.27. The van der Waals surface area contributed by atoms with Gasteiger partial charge >= 0.3 is 0 Å². The van der Waals surface area contributed by atoms with E-state index in [1.165, 1.54) is 19.4 Å². The van der Waals surface area contributed by atoms with Gasteiger partial charge in [0, 0.05) is 36.2 Å². The predicted octanol–water partition coefficient (Wildman–Crippen LogP) is 3.61. The molecule has 0 radical (unpaired) electrons. The summed E-state index contributed by atoms with van der Waals surface area (Å²) in [5.74, 6) is 0.466. The standard InChI is InChI=1S/C14H20Cl2N2/c1-17-7-3-4-13(17)10-18(2)12-6-5-11(9-15)14(16)8-12/h5-6,8,13H,3-4,7,9-10H2,1-2H3. The summed E-state index contributed by atoms with van der Waals surface area (Å²) >= 11 is 12.0. The van der Waals surface area contributed by atoms with Crippen LogP contribution in [0.25, 0.3) is 0 Å². The average molecular weight is 287 g/mol. The Bertz CT molecular complexity index is 409. The predicted molar refractivity (Wildman–Crippen MR) is 79.9 cm³/mol. The molecule has 0 aromatic heterocycles. The van der Waals surface area contributed by atoms with Gasteiger partial charge in [-0.2, -0.15) is 0 Å². The number of halogens is 2. The largest absolute Gasteiger partial charge is 0.373 e. The van der Waals surface area contributed by atoms with Crippen molar-refractivity contribution in [3.8, 4) is 0 Å². The van der Waals surface area contributed by atoms with Gasteiger partial charge in [0.25, 0.3) is 0 Å². The number of nitrogens with zero attached hydrogens (tertiary/aromatic N) is 2. The summed E-state index contributed by atoms with van der Waals surface area (Å²) in [5, 5.41) is 0.758. The molecule has 0 aliphatic carbocycles. The molecule has 100 valence electrons. The van der Waals surface area contributed by atoms with Gasteiger partial charge in [-0.05, 0) is 44.1 Å². The topological polar surface area (TPSA) is 6.48 Å². The molecule has 0 N–H and O–H groups in total. The van der Waals surface area contributed by atoms with E-state index in [2.05, 4.69) is 30.0 Å². The van der Waals surface area contributed by atoms with Crippen LogP contribution in [0.5, 0.6) is 0 Å². The first-order valence-corrected chi connectivity index (χ1v) is 7.29. The Morgan fingerprint density at radius 3 is 2.78 bits per heavy atom. The van der Waals surface area contributed by atoms with Gasteiger partial charge in [-0.15, -0.1) is 11.6 Å². The van der Waals surface area contributed by atoms with Gasteiger partial charge in [-0.3, -0.25) is 0 Å². The van der Waals surface area contributed by atoms with Crippen molar-refractivity contribution >= 4 is 28.9 Å². The zero-order valence-corrected chi connectivity index (χ0v) is 12.5. The second-order valence-corrected chi connectivity index (χ2v) is 5.74. The summed E-state index contributed by atoms with van der Waals surface area (Å²) in [5.41, 5.74) is 2.16. The minimum absolute atomic E-state index is 0.466. The fraction of sp³-hybridized carbons (Fsp3) is 0.571. The van der Waals surface area contributed by atoms with Crippen molar-refractivity contribution in [3.63, 3.8) is 0 Å². The van der Waals surface area contributed by atoms with E-state index in [0.29, 0.717) is 11.9 Å². The maximum absolute atomic E-state index is 6.20. The van der Waals surface area contributed by atoms with Crippen LogP contribution in [0.4, 0.5) is 5.69 Å². The SMILES string of the molecule is CN(CC1CCCN1C)c1ccc(CCl)c(Cl)c1. The van der Waals surface area contributed by atoms with E-state index < -0.39 is 0 Å². The van der Waals surface area contributed by atoms with Crippen LogP contribution in [0.1, 0.15) is 18.4 Å². The lowest BCUT2D eigenvalue weighted by Crippen LogP contribution is -2.36. The molecule has 1 heterocycles. The first kappa shape index (κ1) is 14.0. The van der Waals surface area contributed by atoms with Gasteiger partial charge in [0.1, 0.15) is 0 Å². The number of hydrogen-bond acceptors (Lipinski definition) is 2. The van der Waals surface area contributed by atoms with Crippen molar-refractivity contribution in [1.29, 1.82) is 0 Å². The Kier molecular flexibility index (Phi) is 4.77. The molecule has 0 spiro atoms. The van der Waals surface area contributed by atoms with Gasteiger partial charge in [0.05, 0.1) is 0 Å². The van der Waals surface area contributed by atoms with E-state index in [-0.39, 0.29) is 0 Å². The van der Waals surface area contributed by atoms with Crippen LogP contribution in [-0.2, 0) is 5.88 Å². The summed E-state index contributed by atoms with van der Waals surface area (Å²) in [7, 11) is 4.33. The van der Waals surface area contributed by atoms with Crippen LogP contribution >= 0.6 is 23.2 Å². The van der Waals surface area contributed by atoms with E-state index in [1.54, 1.807) is 0 Å². The third-order valence-electron chi connectivity index (χ3n) is 3.78. The number of benzene rings is 1.